The Kier molecular flexibility index (Phi) is 5.98. The van der Waals surface area contributed by atoms with Crippen molar-refractivity contribution in [1.82, 2.24) is 5.32 Å². The summed E-state index contributed by atoms with van der Waals surface area (Å²) in [5.41, 5.74) is 2.03. The number of para-hydroxylation sites is 1. The highest BCUT2D eigenvalue weighted by Crippen LogP contribution is 2.29. The molecule has 4 rings (SSSR count). The minimum atomic E-state index is -0.559. The summed E-state index contributed by atoms with van der Waals surface area (Å²) in [6.45, 7) is 0.149. The van der Waals surface area contributed by atoms with Crippen LogP contribution in [-0.2, 0) is 9.59 Å². The van der Waals surface area contributed by atoms with Gasteiger partial charge in [0.15, 0.2) is 0 Å². The van der Waals surface area contributed by atoms with Crippen LogP contribution in [-0.4, -0.2) is 25.5 Å². The standard InChI is InChI=1S/C25H23FN2O3/c1-31-20-13-11-18(12-14-20)24(17-7-3-2-4-8-17)27-25(30)19-15-23(29)28(16-19)22-10-6-5-9-21(22)26/h2-14,19,24H,15-16H2,1H3,(H,27,30). The Morgan fingerprint density at radius 3 is 2.32 bits per heavy atom. The summed E-state index contributed by atoms with van der Waals surface area (Å²) in [6.07, 6.45) is 0.0459. The molecule has 5 nitrogen and oxygen atoms in total. The number of amides is 2. The van der Waals surface area contributed by atoms with Crippen molar-refractivity contribution in [3.8, 4) is 5.75 Å². The summed E-state index contributed by atoms with van der Waals surface area (Å²) in [7, 11) is 1.60. The van der Waals surface area contributed by atoms with Crippen molar-refractivity contribution in [3.63, 3.8) is 0 Å². The van der Waals surface area contributed by atoms with Crippen LogP contribution in [0, 0.1) is 11.7 Å². The fourth-order valence-electron chi connectivity index (χ4n) is 3.85. The zero-order chi connectivity index (χ0) is 21.8. The molecule has 2 atom stereocenters. The van der Waals surface area contributed by atoms with Crippen LogP contribution in [0.3, 0.4) is 0 Å². The monoisotopic (exact) mass is 418 g/mol. The van der Waals surface area contributed by atoms with E-state index >= 15 is 0 Å². The number of nitrogens with zero attached hydrogens (tertiary/aromatic N) is 1. The van der Waals surface area contributed by atoms with Crippen LogP contribution in [0.25, 0.3) is 0 Å². The van der Waals surface area contributed by atoms with Crippen LogP contribution in [0.2, 0.25) is 0 Å². The molecule has 2 unspecified atom stereocenters. The van der Waals surface area contributed by atoms with Gasteiger partial charge in [0.25, 0.3) is 0 Å². The lowest BCUT2D eigenvalue weighted by Crippen LogP contribution is -2.36. The molecule has 0 radical (unpaired) electrons. The van der Waals surface area contributed by atoms with E-state index in [-0.39, 0.29) is 36.5 Å². The minimum absolute atomic E-state index is 0.0459. The van der Waals surface area contributed by atoms with E-state index in [9.17, 15) is 14.0 Å². The molecule has 1 saturated heterocycles. The summed E-state index contributed by atoms with van der Waals surface area (Å²) in [5, 5.41) is 3.08. The smallest absolute Gasteiger partial charge is 0.227 e. The highest BCUT2D eigenvalue weighted by Gasteiger charge is 2.37. The molecule has 0 aliphatic carbocycles. The predicted octanol–water partition coefficient (Wildman–Crippen LogP) is 4.09. The normalized spacial score (nSPS) is 16.8. The third-order valence-electron chi connectivity index (χ3n) is 5.51. The Hall–Kier alpha value is -3.67. The van der Waals surface area contributed by atoms with Crippen LogP contribution in [0.15, 0.2) is 78.9 Å². The van der Waals surface area contributed by atoms with Gasteiger partial charge in [-0.3, -0.25) is 9.59 Å². The average Bonchev–Trinajstić information content (AvgIpc) is 3.20. The van der Waals surface area contributed by atoms with Gasteiger partial charge in [0.2, 0.25) is 11.8 Å². The molecule has 6 heteroatoms. The van der Waals surface area contributed by atoms with E-state index in [0.29, 0.717) is 0 Å². The lowest BCUT2D eigenvalue weighted by Gasteiger charge is -2.22. The first-order valence-corrected chi connectivity index (χ1v) is 10.1. The second-order valence-corrected chi connectivity index (χ2v) is 7.48. The lowest BCUT2D eigenvalue weighted by atomic mass is 9.97. The Balaban J connectivity index is 1.55. The van der Waals surface area contributed by atoms with Gasteiger partial charge in [-0.2, -0.15) is 0 Å². The van der Waals surface area contributed by atoms with Gasteiger partial charge in [-0.15, -0.1) is 0 Å². The molecule has 1 fully saturated rings. The summed E-state index contributed by atoms with van der Waals surface area (Å²) >= 11 is 0. The van der Waals surface area contributed by atoms with Crippen LogP contribution in [0.4, 0.5) is 10.1 Å². The summed E-state index contributed by atoms with van der Waals surface area (Å²) < 4.78 is 19.4. The van der Waals surface area contributed by atoms with E-state index < -0.39 is 11.7 Å². The van der Waals surface area contributed by atoms with E-state index in [4.69, 9.17) is 4.74 Å². The third kappa shape index (κ3) is 4.43. The van der Waals surface area contributed by atoms with E-state index in [2.05, 4.69) is 5.32 Å². The second kappa shape index (κ2) is 9.00. The number of nitrogens with one attached hydrogen (secondary N) is 1. The molecule has 3 aromatic rings. The maximum Gasteiger partial charge on any atom is 0.227 e. The first-order valence-electron chi connectivity index (χ1n) is 10.1. The van der Waals surface area contributed by atoms with Crippen molar-refractivity contribution in [1.29, 1.82) is 0 Å². The van der Waals surface area contributed by atoms with E-state index in [1.807, 2.05) is 54.6 Å². The fraction of sp³-hybridized carbons (Fsp3) is 0.200. The van der Waals surface area contributed by atoms with Gasteiger partial charge in [0, 0.05) is 13.0 Å². The van der Waals surface area contributed by atoms with Crippen molar-refractivity contribution in [2.75, 3.05) is 18.6 Å². The molecule has 0 spiro atoms. The van der Waals surface area contributed by atoms with Gasteiger partial charge in [-0.1, -0.05) is 54.6 Å². The van der Waals surface area contributed by atoms with Crippen molar-refractivity contribution in [2.45, 2.75) is 12.5 Å². The number of halogens is 1. The van der Waals surface area contributed by atoms with Crippen molar-refractivity contribution < 1.29 is 18.7 Å². The SMILES string of the molecule is COc1ccc(C(NC(=O)C2CC(=O)N(c3ccccc3F)C2)c2ccccc2)cc1. The van der Waals surface area contributed by atoms with Gasteiger partial charge in [-0.05, 0) is 35.4 Å². The van der Waals surface area contributed by atoms with Gasteiger partial charge in [0.05, 0.1) is 24.8 Å². The number of anilines is 1. The average molecular weight is 418 g/mol. The van der Waals surface area contributed by atoms with Crippen LogP contribution < -0.4 is 15.0 Å². The predicted molar refractivity (Wildman–Crippen MR) is 116 cm³/mol. The van der Waals surface area contributed by atoms with Crippen molar-refractivity contribution >= 4 is 17.5 Å². The molecular formula is C25H23FN2O3. The lowest BCUT2D eigenvalue weighted by molar-refractivity contribution is -0.126. The molecule has 1 aliphatic rings. The maximum atomic E-state index is 14.2. The molecule has 2 amide bonds. The molecule has 1 N–H and O–H groups in total. The Morgan fingerprint density at radius 1 is 1.00 bits per heavy atom. The number of carbonyl (C=O) groups excluding carboxylic acids is 2. The van der Waals surface area contributed by atoms with Crippen molar-refractivity contribution in [2.24, 2.45) is 5.92 Å². The van der Waals surface area contributed by atoms with Crippen LogP contribution in [0.1, 0.15) is 23.6 Å². The van der Waals surface area contributed by atoms with E-state index in [1.54, 1.807) is 25.3 Å². The third-order valence-corrected chi connectivity index (χ3v) is 5.51. The molecule has 1 heterocycles. The number of hydrogen-bond donors (Lipinski definition) is 1. The van der Waals surface area contributed by atoms with Crippen LogP contribution in [0.5, 0.6) is 5.75 Å². The first-order chi connectivity index (χ1) is 15.1. The maximum absolute atomic E-state index is 14.2. The number of rotatable bonds is 6. The number of carbonyl (C=O) groups is 2. The van der Waals surface area contributed by atoms with Crippen molar-refractivity contribution in [3.05, 3.63) is 95.8 Å². The fourth-order valence-corrected chi connectivity index (χ4v) is 3.85. The van der Waals surface area contributed by atoms with E-state index in [1.165, 1.54) is 11.0 Å². The van der Waals surface area contributed by atoms with Gasteiger partial charge < -0.3 is 15.0 Å². The molecule has 0 bridgehead atoms. The molecule has 158 valence electrons. The first kappa shape index (κ1) is 20.6. The zero-order valence-corrected chi connectivity index (χ0v) is 17.1. The Morgan fingerprint density at radius 2 is 1.65 bits per heavy atom. The molecule has 31 heavy (non-hydrogen) atoms. The molecular weight excluding hydrogens is 395 g/mol. The molecule has 0 saturated carbocycles. The zero-order valence-electron chi connectivity index (χ0n) is 17.1. The molecule has 0 aromatic heterocycles. The van der Waals surface area contributed by atoms with Crippen LogP contribution >= 0.6 is 0 Å². The van der Waals surface area contributed by atoms with Gasteiger partial charge in [-0.25, -0.2) is 4.39 Å². The highest BCUT2D eigenvalue weighted by atomic mass is 19.1. The number of benzene rings is 3. The number of methoxy groups -OCH3 is 1. The number of ether oxygens (including phenoxy) is 1. The summed E-state index contributed by atoms with van der Waals surface area (Å²) in [6, 6.07) is 22.9. The highest BCUT2D eigenvalue weighted by molar-refractivity contribution is 6.00. The van der Waals surface area contributed by atoms with E-state index in [0.717, 1.165) is 16.9 Å². The topological polar surface area (TPSA) is 58.6 Å². The summed E-state index contributed by atoms with van der Waals surface area (Å²) in [4.78, 5) is 27.0. The number of hydrogen-bond acceptors (Lipinski definition) is 3. The molecule has 3 aromatic carbocycles. The second-order valence-electron chi connectivity index (χ2n) is 7.48. The minimum Gasteiger partial charge on any atom is -0.497 e. The van der Waals surface area contributed by atoms with Gasteiger partial charge in [0.1, 0.15) is 11.6 Å². The largest absolute Gasteiger partial charge is 0.497 e. The Bertz CT molecular complexity index is 1070. The summed E-state index contributed by atoms with van der Waals surface area (Å²) in [5.74, 6) is -0.805. The van der Waals surface area contributed by atoms with Gasteiger partial charge >= 0.3 is 0 Å². The quantitative estimate of drug-likeness (QED) is 0.656. The molecule has 1 aliphatic heterocycles. The Labute approximate surface area is 180 Å².